The molecular formula is C38H35N3O7S2. The van der Waals surface area contributed by atoms with E-state index < -0.39 is 30.2 Å². The number of nitrogens with zero attached hydrogens (tertiary/aromatic N) is 2. The van der Waals surface area contributed by atoms with E-state index in [0.29, 0.717) is 17.0 Å². The van der Waals surface area contributed by atoms with Crippen LogP contribution in [0, 0.1) is 5.92 Å². The van der Waals surface area contributed by atoms with Crippen LogP contribution in [0.15, 0.2) is 107 Å². The lowest BCUT2D eigenvalue weighted by Crippen LogP contribution is -2.42. The number of anilines is 1. The Morgan fingerprint density at radius 3 is 2.52 bits per heavy atom. The highest BCUT2D eigenvalue weighted by Crippen LogP contribution is 2.44. The van der Waals surface area contributed by atoms with Crippen LogP contribution in [0.5, 0.6) is 0 Å². The predicted octanol–water partition coefficient (Wildman–Crippen LogP) is 6.93. The van der Waals surface area contributed by atoms with E-state index in [4.69, 9.17) is 19.2 Å². The second kappa shape index (κ2) is 15.1. The van der Waals surface area contributed by atoms with Crippen LogP contribution in [-0.4, -0.2) is 45.9 Å². The highest BCUT2D eigenvalue weighted by Gasteiger charge is 2.42. The van der Waals surface area contributed by atoms with Crippen LogP contribution in [0.2, 0.25) is 0 Å². The van der Waals surface area contributed by atoms with Crippen molar-refractivity contribution in [3.63, 3.8) is 0 Å². The molecule has 4 aromatic carbocycles. The first kappa shape index (κ1) is 33.9. The third-order valence-electron chi connectivity index (χ3n) is 8.82. The highest BCUT2D eigenvalue weighted by atomic mass is 32.2. The molecule has 2 N–H and O–H groups in total. The molecule has 2 aliphatic rings. The lowest BCUT2D eigenvalue weighted by molar-refractivity contribution is -0.268. The van der Waals surface area contributed by atoms with Crippen molar-refractivity contribution in [1.29, 1.82) is 0 Å². The quantitative estimate of drug-likeness (QED) is 0.117. The first-order chi connectivity index (χ1) is 24.4. The summed E-state index contributed by atoms with van der Waals surface area (Å²) >= 11 is 3.28. The zero-order valence-electron chi connectivity index (χ0n) is 27.1. The number of para-hydroxylation sites is 1. The Kier molecular flexibility index (Phi) is 10.2. The minimum atomic E-state index is -1.05. The second-order valence-corrected chi connectivity index (χ2v) is 14.5. The summed E-state index contributed by atoms with van der Waals surface area (Å²) in [7, 11) is 0. The minimum Gasteiger partial charge on any atom is -0.445 e. The number of imide groups is 1. The van der Waals surface area contributed by atoms with Gasteiger partial charge >= 0.3 is 6.09 Å². The van der Waals surface area contributed by atoms with E-state index in [2.05, 4.69) is 18.3 Å². The Morgan fingerprint density at radius 1 is 0.960 bits per heavy atom. The van der Waals surface area contributed by atoms with Crippen LogP contribution in [0.3, 0.4) is 0 Å². The Hall–Kier alpha value is -4.59. The Labute approximate surface area is 297 Å². The van der Waals surface area contributed by atoms with Crippen LogP contribution in [-0.2, 0) is 37.0 Å². The minimum absolute atomic E-state index is 0.0356. The van der Waals surface area contributed by atoms with Gasteiger partial charge in [-0.2, -0.15) is 0 Å². The van der Waals surface area contributed by atoms with E-state index in [1.807, 2.05) is 78.9 Å². The number of thiazole rings is 1. The molecule has 2 aliphatic heterocycles. The van der Waals surface area contributed by atoms with Gasteiger partial charge in [0, 0.05) is 17.2 Å². The van der Waals surface area contributed by atoms with Crippen molar-refractivity contribution in [2.24, 2.45) is 5.92 Å². The van der Waals surface area contributed by atoms with Crippen LogP contribution in [0.25, 0.3) is 10.2 Å². The molecule has 2 fully saturated rings. The van der Waals surface area contributed by atoms with E-state index in [9.17, 15) is 19.5 Å². The van der Waals surface area contributed by atoms with Crippen molar-refractivity contribution in [3.8, 4) is 0 Å². The summed E-state index contributed by atoms with van der Waals surface area (Å²) in [4.78, 5) is 44.9. The smallest absolute Gasteiger partial charge is 0.408 e. The Balaban J connectivity index is 1.08. The average molecular weight is 710 g/mol. The van der Waals surface area contributed by atoms with Crippen molar-refractivity contribution in [2.75, 3.05) is 10.7 Å². The molecule has 5 aromatic rings. The molecule has 3 amide bonds. The van der Waals surface area contributed by atoms with Gasteiger partial charge in [0.15, 0.2) is 10.6 Å². The number of ether oxygens (including phenoxy) is 3. The topological polar surface area (TPSA) is 127 Å². The number of aliphatic hydroxyl groups is 1. The van der Waals surface area contributed by atoms with Gasteiger partial charge < -0.3 is 24.6 Å². The maximum Gasteiger partial charge on any atom is 0.408 e. The molecular weight excluding hydrogens is 675 g/mol. The fourth-order valence-electron chi connectivity index (χ4n) is 6.11. The number of aromatic nitrogens is 1. The fourth-order valence-corrected chi connectivity index (χ4v) is 8.37. The summed E-state index contributed by atoms with van der Waals surface area (Å²) in [6.45, 7) is 2.08. The SMILES string of the molecule is CC1C(CSc2nc3ccccc3s2)OC(c2cccc(N3C(=O)CC(NC(=O)OCc4ccccc4)C3=O)c2)OC1c1ccc(CO)cc1. The van der Waals surface area contributed by atoms with E-state index in [1.165, 1.54) is 0 Å². The number of carbonyl (C=O) groups excluding carboxylic acids is 3. The van der Waals surface area contributed by atoms with Crippen LogP contribution in [0.1, 0.15) is 48.0 Å². The number of alkyl carbamates (subject to hydrolysis) is 1. The molecule has 5 atom stereocenters. The number of fused-ring (bicyclic) bond motifs is 1. The second-order valence-electron chi connectivity index (χ2n) is 12.2. The molecule has 2 saturated heterocycles. The van der Waals surface area contributed by atoms with Crippen molar-refractivity contribution in [1.82, 2.24) is 10.3 Å². The number of thioether (sulfide) groups is 1. The third kappa shape index (κ3) is 7.44. The normalized spacial score (nSPS) is 22.2. The number of carbonyl (C=O) groups is 3. The molecule has 0 spiro atoms. The van der Waals surface area contributed by atoms with E-state index >= 15 is 0 Å². The number of rotatable bonds is 10. The van der Waals surface area contributed by atoms with Crippen LogP contribution >= 0.6 is 23.1 Å². The van der Waals surface area contributed by atoms with Gasteiger partial charge in [0.1, 0.15) is 12.6 Å². The zero-order chi connectivity index (χ0) is 34.6. The molecule has 5 unspecified atom stereocenters. The maximum absolute atomic E-state index is 13.4. The summed E-state index contributed by atoms with van der Waals surface area (Å²) < 4.78 is 20.6. The van der Waals surface area contributed by atoms with E-state index in [1.54, 1.807) is 41.3 Å². The molecule has 1 aromatic heterocycles. The first-order valence-corrected chi connectivity index (χ1v) is 18.1. The highest BCUT2D eigenvalue weighted by molar-refractivity contribution is 8.01. The van der Waals surface area contributed by atoms with Crippen LogP contribution < -0.4 is 10.2 Å². The fraction of sp³-hybridized carbons (Fsp3) is 0.263. The number of hydrogen-bond acceptors (Lipinski definition) is 10. The predicted molar refractivity (Wildman–Crippen MR) is 190 cm³/mol. The number of benzene rings is 4. The third-order valence-corrected chi connectivity index (χ3v) is 11.1. The summed E-state index contributed by atoms with van der Waals surface area (Å²) in [6, 6.07) is 30.9. The molecule has 0 radical (unpaired) electrons. The molecule has 10 nitrogen and oxygen atoms in total. The Morgan fingerprint density at radius 2 is 1.74 bits per heavy atom. The van der Waals surface area contributed by atoms with E-state index in [0.717, 1.165) is 36.1 Å². The molecule has 0 aliphatic carbocycles. The van der Waals surface area contributed by atoms with E-state index in [-0.39, 0.29) is 37.8 Å². The number of hydrogen-bond donors (Lipinski definition) is 2. The molecule has 50 heavy (non-hydrogen) atoms. The zero-order valence-corrected chi connectivity index (χ0v) is 28.8. The van der Waals surface area contributed by atoms with Crippen molar-refractivity contribution in [2.45, 2.75) is 55.4 Å². The van der Waals surface area contributed by atoms with Gasteiger partial charge in [-0.15, -0.1) is 11.3 Å². The van der Waals surface area contributed by atoms with Gasteiger partial charge in [-0.05, 0) is 41.0 Å². The maximum atomic E-state index is 13.4. The first-order valence-electron chi connectivity index (χ1n) is 16.3. The number of nitrogens with one attached hydrogen (secondary N) is 1. The molecule has 12 heteroatoms. The van der Waals surface area contributed by atoms with Gasteiger partial charge in [-0.1, -0.05) is 97.5 Å². The molecule has 3 heterocycles. The molecule has 0 bridgehead atoms. The summed E-state index contributed by atoms with van der Waals surface area (Å²) in [5, 5.41) is 12.1. The summed E-state index contributed by atoms with van der Waals surface area (Å²) in [6.07, 6.45) is -2.33. The van der Waals surface area contributed by atoms with Gasteiger partial charge in [0.25, 0.3) is 5.91 Å². The van der Waals surface area contributed by atoms with Crippen molar-refractivity contribution >= 4 is 56.9 Å². The number of amides is 3. The largest absolute Gasteiger partial charge is 0.445 e. The van der Waals surface area contributed by atoms with Crippen molar-refractivity contribution < 1.29 is 33.7 Å². The van der Waals surface area contributed by atoms with Crippen LogP contribution in [0.4, 0.5) is 10.5 Å². The lowest BCUT2D eigenvalue weighted by atomic mass is 9.91. The molecule has 256 valence electrons. The summed E-state index contributed by atoms with van der Waals surface area (Å²) in [5.41, 5.74) is 4.52. The monoisotopic (exact) mass is 709 g/mol. The molecule has 0 saturated carbocycles. The van der Waals surface area contributed by atoms with Crippen molar-refractivity contribution in [3.05, 3.63) is 125 Å². The lowest BCUT2D eigenvalue weighted by Gasteiger charge is -2.41. The van der Waals surface area contributed by atoms with Gasteiger partial charge in [0.05, 0.1) is 41.1 Å². The van der Waals surface area contributed by atoms with Gasteiger partial charge in [0.2, 0.25) is 5.91 Å². The number of aliphatic hydroxyl groups excluding tert-OH is 1. The molecule has 7 rings (SSSR count). The average Bonchev–Trinajstić information content (AvgIpc) is 3.69. The summed E-state index contributed by atoms with van der Waals surface area (Å²) in [5.74, 6) is -0.393. The van der Waals surface area contributed by atoms with Gasteiger partial charge in [-0.3, -0.25) is 9.59 Å². The standard InChI is InChI=1S/C38H35N3O7S2/c1-23-31(22-49-38-40-29-12-5-6-13-32(29)50-38)47-36(48-34(23)26-16-14-24(20-42)15-17-26)27-10-7-11-28(18-27)41-33(43)19-30(35(41)44)39-37(45)46-21-25-8-3-2-4-9-25/h2-18,23,30-31,34,36,42H,19-22H2,1H3,(H,39,45). The Bertz CT molecular complexity index is 1950. The van der Waals surface area contributed by atoms with Gasteiger partial charge in [-0.25, -0.2) is 14.7 Å².